The number of benzene rings is 2. The summed E-state index contributed by atoms with van der Waals surface area (Å²) in [7, 11) is 1.52. The van der Waals surface area contributed by atoms with Gasteiger partial charge < -0.3 is 24.8 Å². The van der Waals surface area contributed by atoms with Crippen molar-refractivity contribution >= 4 is 52.1 Å². The molecule has 0 aromatic heterocycles. The van der Waals surface area contributed by atoms with Crippen LogP contribution in [0.15, 0.2) is 24.3 Å². The number of ketones is 1. The highest BCUT2D eigenvalue weighted by atomic mass is 79.9. The number of carboxylic acid groups (broad SMARTS) is 1. The first-order valence-electron chi connectivity index (χ1n) is 12.6. The first-order chi connectivity index (χ1) is 18.3. The van der Waals surface area contributed by atoms with Gasteiger partial charge in [-0.3, -0.25) is 29.5 Å². The van der Waals surface area contributed by atoms with E-state index in [2.05, 4.69) is 5.32 Å². The monoisotopic (exact) mass is 616 g/mol. The van der Waals surface area contributed by atoms with Gasteiger partial charge in [0.15, 0.2) is 12.4 Å². The second kappa shape index (κ2) is 11.7. The summed E-state index contributed by atoms with van der Waals surface area (Å²) in [6.45, 7) is 7.28. The molecule has 0 bridgehead atoms. The maximum absolute atomic E-state index is 13.6. The third-order valence-corrected chi connectivity index (χ3v) is 6.67. The number of aliphatic carboxylic acids is 1. The van der Waals surface area contributed by atoms with Gasteiger partial charge in [-0.15, -0.1) is 17.0 Å². The Hall–Kier alpha value is -3.93. The molecule has 2 aromatic rings. The van der Waals surface area contributed by atoms with Crippen molar-refractivity contribution in [3.05, 3.63) is 52.1 Å². The molecule has 2 heterocycles. The van der Waals surface area contributed by atoms with Crippen LogP contribution < -0.4 is 19.7 Å². The van der Waals surface area contributed by atoms with Crippen LogP contribution in [0.3, 0.4) is 0 Å². The molecule has 4 rings (SSSR count). The molecule has 0 saturated heterocycles. The van der Waals surface area contributed by atoms with Gasteiger partial charge in [0.1, 0.15) is 23.9 Å². The molecule has 2 aliphatic rings. The highest BCUT2D eigenvalue weighted by Gasteiger charge is 2.35. The third kappa shape index (κ3) is 5.81. The molecule has 3 N–H and O–H groups in total. The van der Waals surface area contributed by atoms with Crippen LogP contribution in [0.4, 0.5) is 5.69 Å². The Morgan fingerprint density at radius 3 is 2.45 bits per heavy atom. The van der Waals surface area contributed by atoms with E-state index < -0.39 is 23.8 Å². The fourth-order valence-corrected chi connectivity index (χ4v) is 4.75. The number of hydrogen-bond acceptors (Lipinski definition) is 7. The lowest BCUT2D eigenvalue weighted by molar-refractivity contribution is -0.137. The highest BCUT2D eigenvalue weighted by Crippen LogP contribution is 2.42. The number of anilines is 1. The number of carbonyl (C=O) groups excluding carboxylic acids is 3. The number of amides is 2. The first-order valence-corrected chi connectivity index (χ1v) is 12.6. The smallest absolute Gasteiger partial charge is 0.323 e. The molecular weight excluding hydrogens is 584 g/mol. The Balaban J connectivity index is 0.00000441. The van der Waals surface area contributed by atoms with Crippen LogP contribution in [0.5, 0.6) is 11.5 Å². The minimum atomic E-state index is -1.18. The summed E-state index contributed by atoms with van der Waals surface area (Å²) < 4.78 is 11.4. The second-order valence-corrected chi connectivity index (χ2v) is 10.4. The van der Waals surface area contributed by atoms with Gasteiger partial charge in [-0.1, -0.05) is 20.8 Å². The maximum Gasteiger partial charge on any atom is 0.323 e. The van der Waals surface area contributed by atoms with Crippen LogP contribution in [0.2, 0.25) is 0 Å². The predicted molar refractivity (Wildman–Crippen MR) is 154 cm³/mol. The molecule has 0 atom stereocenters. The van der Waals surface area contributed by atoms with E-state index >= 15 is 0 Å². The summed E-state index contributed by atoms with van der Waals surface area (Å²) in [6, 6.07) is 6.53. The first kappa shape index (κ1) is 30.6. The Labute approximate surface area is 242 Å². The third-order valence-electron chi connectivity index (χ3n) is 6.67. The van der Waals surface area contributed by atoms with E-state index in [0.29, 0.717) is 34.8 Å². The fraction of sp³-hybridized carbons (Fsp3) is 0.393. The molecule has 0 fully saturated rings. The summed E-state index contributed by atoms with van der Waals surface area (Å²) in [5, 5.41) is 20.7. The molecule has 12 heteroatoms. The molecule has 40 heavy (non-hydrogen) atoms. The number of Topliss-reactive ketones (excluding diaryl/α,β-unsaturated/α-hetero) is 1. The number of nitrogens with zero attached hydrogens (tertiary/aromatic N) is 2. The summed E-state index contributed by atoms with van der Waals surface area (Å²) in [5.41, 5.74) is 2.32. The summed E-state index contributed by atoms with van der Waals surface area (Å²) in [4.78, 5) is 52.7. The van der Waals surface area contributed by atoms with Crippen molar-refractivity contribution in [2.45, 2.75) is 39.7 Å². The van der Waals surface area contributed by atoms with E-state index in [4.69, 9.17) is 14.9 Å². The van der Waals surface area contributed by atoms with Crippen LogP contribution in [0.1, 0.15) is 65.1 Å². The zero-order valence-electron chi connectivity index (χ0n) is 23.0. The van der Waals surface area contributed by atoms with Gasteiger partial charge in [-0.25, -0.2) is 0 Å². The van der Waals surface area contributed by atoms with E-state index in [1.807, 2.05) is 27.7 Å². The van der Waals surface area contributed by atoms with Crippen LogP contribution in [0, 0.1) is 5.41 Å². The Kier molecular flexibility index (Phi) is 8.93. The fourth-order valence-electron chi connectivity index (χ4n) is 4.75. The van der Waals surface area contributed by atoms with Gasteiger partial charge in [0.25, 0.3) is 11.8 Å². The van der Waals surface area contributed by atoms with E-state index in [1.54, 1.807) is 23.1 Å². The Bertz CT molecular complexity index is 1400. The van der Waals surface area contributed by atoms with Gasteiger partial charge in [0.05, 0.1) is 24.4 Å². The van der Waals surface area contributed by atoms with Crippen molar-refractivity contribution in [2.24, 2.45) is 0 Å². The Morgan fingerprint density at radius 2 is 1.85 bits per heavy atom. The topological polar surface area (TPSA) is 149 Å². The lowest BCUT2D eigenvalue weighted by atomic mass is 9.84. The molecular formula is C28H33BrN4O7. The SMILES string of the molecule is Br.CCOc1cc2c(cc1C(=O)NC)C(=N)N(CC(=O)c1cc3c(c(C(C)(C)C)c1)OCC(=O)N3CC(=O)O)C2. The molecule has 2 aliphatic heterocycles. The van der Waals surface area contributed by atoms with Crippen molar-refractivity contribution in [1.29, 1.82) is 5.41 Å². The number of fused-ring (bicyclic) bond motifs is 2. The normalized spacial score (nSPS) is 14.1. The van der Waals surface area contributed by atoms with Crippen molar-refractivity contribution in [3.8, 4) is 11.5 Å². The molecule has 0 saturated carbocycles. The molecule has 2 aromatic carbocycles. The predicted octanol–water partition coefficient (Wildman–Crippen LogP) is 3.15. The van der Waals surface area contributed by atoms with Gasteiger partial charge >= 0.3 is 5.97 Å². The zero-order chi connectivity index (χ0) is 28.6. The zero-order valence-corrected chi connectivity index (χ0v) is 24.8. The molecule has 214 valence electrons. The number of carboxylic acids is 1. The van der Waals surface area contributed by atoms with Crippen molar-refractivity contribution in [3.63, 3.8) is 0 Å². The van der Waals surface area contributed by atoms with E-state index in [-0.39, 0.29) is 65.5 Å². The maximum atomic E-state index is 13.6. The summed E-state index contributed by atoms with van der Waals surface area (Å²) in [5.74, 6) is -1.46. The molecule has 0 spiro atoms. The van der Waals surface area contributed by atoms with Crippen molar-refractivity contribution in [1.82, 2.24) is 10.2 Å². The molecule has 0 unspecified atom stereocenters. The molecule has 0 radical (unpaired) electrons. The second-order valence-electron chi connectivity index (χ2n) is 10.4. The number of amidine groups is 1. The number of nitrogens with one attached hydrogen (secondary N) is 2. The average Bonchev–Trinajstić information content (AvgIpc) is 3.17. The summed E-state index contributed by atoms with van der Waals surface area (Å²) >= 11 is 0. The summed E-state index contributed by atoms with van der Waals surface area (Å²) in [6.07, 6.45) is 0. The van der Waals surface area contributed by atoms with Crippen LogP contribution in [-0.4, -0.2) is 72.8 Å². The molecule has 2 amide bonds. The van der Waals surface area contributed by atoms with Gasteiger partial charge in [-0.05, 0) is 42.2 Å². The standard InChI is InChI=1S/C28H32N4O7.BrH/c1-6-38-22-9-16-11-31(26(29)17(16)10-18(22)27(37)30-5)12-21(33)15-7-19(28(2,3)4)25-20(8-15)32(13-24(35)36)23(34)14-39-25;/h7-10,29H,6,11-14H2,1-5H3,(H,30,37)(H,35,36);1H. The number of carbonyl (C=O) groups is 4. The quantitative estimate of drug-likeness (QED) is 0.383. The largest absolute Gasteiger partial charge is 0.493 e. The number of halogens is 1. The van der Waals surface area contributed by atoms with E-state index in [0.717, 1.165) is 10.5 Å². The van der Waals surface area contributed by atoms with Crippen LogP contribution in [-0.2, 0) is 21.5 Å². The average molecular weight is 617 g/mol. The van der Waals surface area contributed by atoms with E-state index in [9.17, 15) is 24.3 Å². The number of ether oxygens (including phenoxy) is 2. The van der Waals surface area contributed by atoms with Crippen molar-refractivity contribution < 1.29 is 33.8 Å². The minimum absolute atomic E-state index is 0. The van der Waals surface area contributed by atoms with Gasteiger partial charge in [0, 0.05) is 30.3 Å². The lowest BCUT2D eigenvalue weighted by Gasteiger charge is -2.33. The van der Waals surface area contributed by atoms with Crippen molar-refractivity contribution in [2.75, 3.05) is 38.3 Å². The van der Waals surface area contributed by atoms with Gasteiger partial charge in [0.2, 0.25) is 0 Å². The Morgan fingerprint density at radius 1 is 1.15 bits per heavy atom. The van der Waals surface area contributed by atoms with Crippen LogP contribution >= 0.6 is 17.0 Å². The van der Waals surface area contributed by atoms with E-state index in [1.165, 1.54) is 13.1 Å². The highest BCUT2D eigenvalue weighted by molar-refractivity contribution is 8.93. The van der Waals surface area contributed by atoms with Gasteiger partial charge in [-0.2, -0.15) is 0 Å². The lowest BCUT2D eigenvalue weighted by Crippen LogP contribution is -2.42. The minimum Gasteiger partial charge on any atom is -0.493 e. The molecule has 11 nitrogen and oxygen atoms in total. The van der Waals surface area contributed by atoms with Crippen LogP contribution in [0.25, 0.3) is 0 Å². The number of hydrogen-bond donors (Lipinski definition) is 3. The number of rotatable bonds is 8. The molecule has 0 aliphatic carbocycles.